The molecule has 5 nitrogen and oxygen atoms in total. The molecule has 0 radical (unpaired) electrons. The molecule has 2 fully saturated rings. The second-order valence-corrected chi connectivity index (χ2v) is 9.54. The molecule has 1 aliphatic heterocycles. The van der Waals surface area contributed by atoms with Gasteiger partial charge >= 0.3 is 5.97 Å². The average molecular weight is 422 g/mol. The molecular formula is C24H36FNO4. The molecule has 1 atom stereocenters. The molecule has 0 spiro atoms. The van der Waals surface area contributed by atoms with Crippen molar-refractivity contribution < 1.29 is 23.4 Å². The molecule has 0 aromatic heterocycles. The highest BCUT2D eigenvalue weighted by Gasteiger charge is 2.35. The zero-order chi connectivity index (χ0) is 21.6. The quantitative estimate of drug-likeness (QED) is 0.598. The summed E-state index contributed by atoms with van der Waals surface area (Å²) in [5.41, 5.74) is 0.202. The lowest BCUT2D eigenvalue weighted by atomic mass is 9.75. The summed E-state index contributed by atoms with van der Waals surface area (Å²) in [4.78, 5) is 14.7. The van der Waals surface area contributed by atoms with E-state index < -0.39 is 11.8 Å². The minimum atomic E-state index is -0.446. The SMILES string of the molecule is CC(C)(C)C(Oc1cc(C(=O)OCCN2CCOCC2)ccc1F)C1CCCCC1. The zero-order valence-electron chi connectivity index (χ0n) is 18.6. The maximum Gasteiger partial charge on any atom is 0.338 e. The molecule has 168 valence electrons. The van der Waals surface area contributed by atoms with Crippen LogP contribution in [0.25, 0.3) is 0 Å². The van der Waals surface area contributed by atoms with Crippen LogP contribution in [0.4, 0.5) is 4.39 Å². The van der Waals surface area contributed by atoms with Crippen LogP contribution < -0.4 is 4.74 Å². The fraction of sp³-hybridized carbons (Fsp3) is 0.708. The minimum Gasteiger partial charge on any atom is -0.486 e. The summed E-state index contributed by atoms with van der Waals surface area (Å²) in [5, 5.41) is 0. The van der Waals surface area contributed by atoms with E-state index in [4.69, 9.17) is 14.2 Å². The first-order valence-electron chi connectivity index (χ1n) is 11.3. The molecule has 1 heterocycles. The molecule has 1 aliphatic carbocycles. The third-order valence-corrected chi connectivity index (χ3v) is 6.10. The van der Waals surface area contributed by atoms with Crippen molar-refractivity contribution in [3.63, 3.8) is 0 Å². The summed E-state index contributed by atoms with van der Waals surface area (Å²) in [5.74, 6) is -0.339. The Bertz CT molecular complexity index is 691. The highest BCUT2D eigenvalue weighted by molar-refractivity contribution is 5.89. The van der Waals surface area contributed by atoms with Crippen LogP contribution in [0, 0.1) is 17.2 Å². The normalized spacial score (nSPS) is 20.0. The van der Waals surface area contributed by atoms with Crippen LogP contribution in [0.3, 0.4) is 0 Å². The molecule has 1 saturated heterocycles. The predicted molar refractivity (Wildman–Crippen MR) is 114 cm³/mol. The van der Waals surface area contributed by atoms with Crippen LogP contribution in [0.5, 0.6) is 5.75 Å². The summed E-state index contributed by atoms with van der Waals surface area (Å²) in [6.07, 6.45) is 5.75. The van der Waals surface area contributed by atoms with Crippen molar-refractivity contribution >= 4 is 5.97 Å². The van der Waals surface area contributed by atoms with Gasteiger partial charge in [-0.1, -0.05) is 40.0 Å². The Morgan fingerprint density at radius 2 is 1.90 bits per heavy atom. The molecule has 2 aliphatic rings. The van der Waals surface area contributed by atoms with Crippen molar-refractivity contribution in [3.05, 3.63) is 29.6 Å². The van der Waals surface area contributed by atoms with E-state index in [1.54, 1.807) is 0 Å². The fourth-order valence-electron chi connectivity index (χ4n) is 4.45. The third kappa shape index (κ3) is 6.42. The summed E-state index contributed by atoms with van der Waals surface area (Å²) in [6.45, 7) is 10.5. The number of benzene rings is 1. The summed E-state index contributed by atoms with van der Waals surface area (Å²) >= 11 is 0. The van der Waals surface area contributed by atoms with E-state index in [9.17, 15) is 9.18 Å². The van der Waals surface area contributed by atoms with Crippen molar-refractivity contribution in [1.29, 1.82) is 0 Å². The van der Waals surface area contributed by atoms with Crippen molar-refractivity contribution in [2.24, 2.45) is 11.3 Å². The Balaban J connectivity index is 1.63. The van der Waals surface area contributed by atoms with Crippen LogP contribution in [0.15, 0.2) is 18.2 Å². The van der Waals surface area contributed by atoms with E-state index in [0.29, 0.717) is 37.8 Å². The fourth-order valence-corrected chi connectivity index (χ4v) is 4.45. The second kappa shape index (κ2) is 10.6. The molecule has 1 saturated carbocycles. The minimum absolute atomic E-state index is 0.0973. The lowest BCUT2D eigenvalue weighted by Gasteiger charge is -2.39. The van der Waals surface area contributed by atoms with E-state index in [2.05, 4.69) is 25.7 Å². The third-order valence-electron chi connectivity index (χ3n) is 6.10. The van der Waals surface area contributed by atoms with Gasteiger partial charge in [-0.05, 0) is 42.4 Å². The van der Waals surface area contributed by atoms with Crippen LogP contribution >= 0.6 is 0 Å². The van der Waals surface area contributed by atoms with Crippen molar-refractivity contribution in [2.75, 3.05) is 39.5 Å². The molecule has 1 unspecified atom stereocenters. The first-order chi connectivity index (χ1) is 14.3. The average Bonchev–Trinajstić information content (AvgIpc) is 2.73. The largest absolute Gasteiger partial charge is 0.486 e. The van der Waals surface area contributed by atoms with Crippen LogP contribution in [-0.4, -0.2) is 56.4 Å². The molecule has 1 aromatic carbocycles. The van der Waals surface area contributed by atoms with Gasteiger partial charge in [0.25, 0.3) is 0 Å². The molecule has 0 N–H and O–H groups in total. The number of halogens is 1. The molecule has 30 heavy (non-hydrogen) atoms. The maximum absolute atomic E-state index is 14.5. The number of hydrogen-bond acceptors (Lipinski definition) is 5. The number of carbonyl (C=O) groups excluding carboxylic acids is 1. The van der Waals surface area contributed by atoms with Crippen LogP contribution in [0.2, 0.25) is 0 Å². The molecule has 0 bridgehead atoms. The summed E-state index contributed by atoms with van der Waals surface area (Å²) < 4.78 is 31.5. The van der Waals surface area contributed by atoms with E-state index in [1.165, 1.54) is 37.5 Å². The Kier molecular flexibility index (Phi) is 8.12. The number of carbonyl (C=O) groups is 1. The van der Waals surface area contributed by atoms with Gasteiger partial charge in [-0.2, -0.15) is 0 Å². The van der Waals surface area contributed by atoms with Gasteiger partial charge in [0.15, 0.2) is 11.6 Å². The Morgan fingerprint density at radius 1 is 1.20 bits per heavy atom. The maximum atomic E-state index is 14.5. The van der Waals surface area contributed by atoms with Crippen LogP contribution in [0.1, 0.15) is 63.2 Å². The van der Waals surface area contributed by atoms with Gasteiger partial charge in [0.05, 0.1) is 18.8 Å². The van der Waals surface area contributed by atoms with Gasteiger partial charge in [0, 0.05) is 19.6 Å². The van der Waals surface area contributed by atoms with Gasteiger partial charge in [-0.15, -0.1) is 0 Å². The number of nitrogens with zero attached hydrogens (tertiary/aromatic N) is 1. The number of esters is 1. The van der Waals surface area contributed by atoms with Crippen molar-refractivity contribution in [1.82, 2.24) is 4.90 Å². The lowest BCUT2D eigenvalue weighted by Crippen LogP contribution is -2.40. The summed E-state index contributed by atoms with van der Waals surface area (Å²) in [6, 6.07) is 4.26. The van der Waals surface area contributed by atoms with Crippen LogP contribution in [-0.2, 0) is 9.47 Å². The molecule has 1 aromatic rings. The van der Waals surface area contributed by atoms with E-state index >= 15 is 0 Å². The monoisotopic (exact) mass is 421 g/mol. The van der Waals surface area contributed by atoms with E-state index in [0.717, 1.165) is 25.9 Å². The predicted octanol–water partition coefficient (Wildman–Crippen LogP) is 4.69. The Labute approximate surface area is 179 Å². The number of hydrogen-bond donors (Lipinski definition) is 0. The topological polar surface area (TPSA) is 48.0 Å². The van der Waals surface area contributed by atoms with E-state index in [-0.39, 0.29) is 17.3 Å². The number of rotatable bonds is 7. The lowest BCUT2D eigenvalue weighted by molar-refractivity contribution is 0.0156. The Hall–Kier alpha value is -1.66. The second-order valence-electron chi connectivity index (χ2n) is 9.54. The van der Waals surface area contributed by atoms with Crippen molar-refractivity contribution in [2.45, 2.75) is 59.0 Å². The van der Waals surface area contributed by atoms with Gasteiger partial charge in [0.1, 0.15) is 12.7 Å². The molecular weight excluding hydrogens is 385 g/mol. The zero-order valence-corrected chi connectivity index (χ0v) is 18.6. The van der Waals surface area contributed by atoms with Gasteiger partial charge < -0.3 is 14.2 Å². The molecule has 6 heteroatoms. The summed E-state index contributed by atoms with van der Waals surface area (Å²) in [7, 11) is 0. The molecule has 0 amide bonds. The van der Waals surface area contributed by atoms with Gasteiger partial charge in [0.2, 0.25) is 0 Å². The highest BCUT2D eigenvalue weighted by atomic mass is 19.1. The standard InChI is InChI=1S/C24H36FNO4/c1-24(2,3)22(18-7-5-4-6-8-18)30-21-17-19(9-10-20(21)25)23(27)29-16-13-26-11-14-28-15-12-26/h9-10,17-18,22H,4-8,11-16H2,1-3H3. The molecule has 3 rings (SSSR count). The first-order valence-corrected chi connectivity index (χ1v) is 11.3. The number of morpholine rings is 1. The van der Waals surface area contributed by atoms with E-state index in [1.807, 2.05) is 0 Å². The Morgan fingerprint density at radius 3 is 2.57 bits per heavy atom. The van der Waals surface area contributed by atoms with Gasteiger partial charge in [-0.25, -0.2) is 9.18 Å². The highest BCUT2D eigenvalue weighted by Crippen LogP contribution is 2.38. The van der Waals surface area contributed by atoms with Crippen molar-refractivity contribution in [3.8, 4) is 5.75 Å². The number of ether oxygens (including phenoxy) is 3. The van der Waals surface area contributed by atoms with Gasteiger partial charge in [-0.3, -0.25) is 4.90 Å². The first kappa shape index (κ1) is 23.0. The smallest absolute Gasteiger partial charge is 0.338 e.